The number of pyridine rings is 1. The van der Waals surface area contributed by atoms with E-state index in [4.69, 9.17) is 15.9 Å². The van der Waals surface area contributed by atoms with Crippen LogP contribution in [0, 0.1) is 5.41 Å². The monoisotopic (exact) mass is 449 g/mol. The highest BCUT2D eigenvalue weighted by Gasteiger charge is 2.18. The van der Waals surface area contributed by atoms with Gasteiger partial charge in [0.25, 0.3) is 5.91 Å². The zero-order valence-corrected chi connectivity index (χ0v) is 18.6. The number of methoxy groups -OCH3 is 1. The van der Waals surface area contributed by atoms with Crippen LogP contribution in [-0.2, 0) is 6.42 Å². The van der Waals surface area contributed by atoms with E-state index in [-0.39, 0.29) is 5.91 Å². The molecule has 3 heterocycles. The fraction of sp³-hybridized carbons (Fsp3) is 0.227. The van der Waals surface area contributed by atoms with E-state index in [1.807, 2.05) is 24.1 Å². The van der Waals surface area contributed by atoms with Gasteiger partial charge in [-0.05, 0) is 23.9 Å². The molecule has 4 N–H and O–H groups in total. The number of aromatic nitrogens is 3. The van der Waals surface area contributed by atoms with Gasteiger partial charge in [0.1, 0.15) is 5.75 Å². The van der Waals surface area contributed by atoms with Gasteiger partial charge >= 0.3 is 0 Å². The zero-order valence-electron chi connectivity index (χ0n) is 17.8. The zero-order chi connectivity index (χ0) is 22.7. The lowest BCUT2D eigenvalue weighted by Gasteiger charge is -2.15. The van der Waals surface area contributed by atoms with Crippen molar-refractivity contribution >= 4 is 56.2 Å². The second-order valence-corrected chi connectivity index (χ2v) is 8.10. The molecule has 0 aliphatic rings. The van der Waals surface area contributed by atoms with Gasteiger partial charge in [0, 0.05) is 49.6 Å². The van der Waals surface area contributed by atoms with Crippen molar-refractivity contribution < 1.29 is 9.53 Å². The van der Waals surface area contributed by atoms with Crippen LogP contribution in [0.4, 0.5) is 11.6 Å². The van der Waals surface area contributed by atoms with Gasteiger partial charge in [0.2, 0.25) is 5.95 Å². The van der Waals surface area contributed by atoms with Crippen molar-refractivity contribution in [3.05, 3.63) is 47.1 Å². The van der Waals surface area contributed by atoms with Crippen molar-refractivity contribution in [1.82, 2.24) is 15.0 Å². The molecular formula is C22H23N7O2S. The molecule has 0 aliphatic heterocycles. The number of anilines is 2. The summed E-state index contributed by atoms with van der Waals surface area (Å²) >= 11 is 1.42. The van der Waals surface area contributed by atoms with Crippen molar-refractivity contribution in [1.29, 1.82) is 5.41 Å². The van der Waals surface area contributed by atoms with Gasteiger partial charge in [-0.3, -0.25) is 9.78 Å². The number of nitrogens with two attached hydrogens (primary N) is 1. The first-order valence-electron chi connectivity index (χ1n) is 9.96. The summed E-state index contributed by atoms with van der Waals surface area (Å²) in [5, 5.41) is 12.9. The molecule has 0 atom stereocenters. The molecule has 32 heavy (non-hydrogen) atoms. The lowest BCUT2D eigenvalue weighted by molar-refractivity contribution is 0.102. The Balaban J connectivity index is 1.69. The molecule has 1 amide bonds. The van der Waals surface area contributed by atoms with Gasteiger partial charge in [0.05, 0.1) is 40.3 Å². The lowest BCUT2D eigenvalue weighted by atomic mass is 10.1. The van der Waals surface area contributed by atoms with E-state index < -0.39 is 0 Å². The van der Waals surface area contributed by atoms with Crippen LogP contribution in [-0.4, -0.2) is 54.3 Å². The first kappa shape index (κ1) is 21.6. The molecule has 0 radical (unpaired) electrons. The molecule has 9 nitrogen and oxygen atoms in total. The van der Waals surface area contributed by atoms with E-state index in [9.17, 15) is 4.79 Å². The minimum atomic E-state index is -0.288. The summed E-state index contributed by atoms with van der Waals surface area (Å²) in [6.45, 7) is 1.09. The molecule has 0 saturated carbocycles. The Hall–Kier alpha value is -3.63. The normalized spacial score (nSPS) is 11.0. The van der Waals surface area contributed by atoms with Gasteiger partial charge in [-0.1, -0.05) is 0 Å². The summed E-state index contributed by atoms with van der Waals surface area (Å²) in [5.41, 5.74) is 8.89. The smallest absolute Gasteiger partial charge is 0.258 e. The fourth-order valence-corrected chi connectivity index (χ4v) is 4.19. The number of thiophene rings is 1. The second-order valence-electron chi connectivity index (χ2n) is 7.19. The predicted octanol–water partition coefficient (Wildman–Crippen LogP) is 3.09. The van der Waals surface area contributed by atoms with Crippen molar-refractivity contribution in [2.45, 2.75) is 6.42 Å². The average Bonchev–Trinajstić information content (AvgIpc) is 3.22. The topological polar surface area (TPSA) is 130 Å². The minimum absolute atomic E-state index is 0.288. The maximum atomic E-state index is 13.2. The summed E-state index contributed by atoms with van der Waals surface area (Å²) in [5.74, 6) is 0.739. The molecule has 0 aliphatic carbocycles. The van der Waals surface area contributed by atoms with Crippen molar-refractivity contribution in [3.63, 3.8) is 0 Å². The quantitative estimate of drug-likeness (QED) is 0.352. The number of amides is 1. The molecule has 4 aromatic rings. The molecule has 0 saturated heterocycles. The number of likely N-dealkylation sites (N-methyl/N-ethyl adjacent to an activating group) is 1. The van der Waals surface area contributed by atoms with Crippen LogP contribution in [0.1, 0.15) is 15.9 Å². The maximum Gasteiger partial charge on any atom is 0.258 e. The number of nitrogens with one attached hydrogen (secondary N) is 2. The minimum Gasteiger partial charge on any atom is -0.494 e. The van der Waals surface area contributed by atoms with E-state index in [0.29, 0.717) is 48.0 Å². The number of carbonyl (C=O) groups is 1. The van der Waals surface area contributed by atoms with Gasteiger partial charge in [-0.15, -0.1) is 11.3 Å². The Kier molecular flexibility index (Phi) is 6.24. The third kappa shape index (κ3) is 4.23. The Morgan fingerprint density at radius 2 is 2.16 bits per heavy atom. The van der Waals surface area contributed by atoms with E-state index in [1.165, 1.54) is 17.6 Å². The van der Waals surface area contributed by atoms with Gasteiger partial charge in [-0.2, -0.15) is 0 Å². The van der Waals surface area contributed by atoms with Crippen LogP contribution in [0.2, 0.25) is 0 Å². The van der Waals surface area contributed by atoms with E-state index in [0.717, 1.165) is 21.2 Å². The number of nitrogens with zero attached hydrogens (tertiary/aromatic N) is 4. The van der Waals surface area contributed by atoms with Crippen LogP contribution < -0.4 is 20.7 Å². The average molecular weight is 450 g/mol. The summed E-state index contributed by atoms with van der Waals surface area (Å²) in [7, 11) is 3.41. The molecule has 164 valence electrons. The number of ether oxygens (including phenoxy) is 1. The molecule has 10 heteroatoms. The highest BCUT2D eigenvalue weighted by molar-refractivity contribution is 7.17. The Morgan fingerprint density at radius 3 is 2.91 bits per heavy atom. The van der Waals surface area contributed by atoms with Gasteiger partial charge in [-0.25, -0.2) is 9.97 Å². The largest absolute Gasteiger partial charge is 0.494 e. The maximum absolute atomic E-state index is 13.2. The number of rotatable bonds is 8. The van der Waals surface area contributed by atoms with Crippen molar-refractivity contribution in [3.8, 4) is 5.75 Å². The van der Waals surface area contributed by atoms with E-state index in [2.05, 4.69) is 20.3 Å². The number of benzene rings is 1. The Bertz CT molecular complexity index is 1300. The highest BCUT2D eigenvalue weighted by Crippen LogP contribution is 2.32. The lowest BCUT2D eigenvalue weighted by Crippen LogP contribution is -2.26. The van der Waals surface area contributed by atoms with Crippen LogP contribution in [0.5, 0.6) is 5.75 Å². The molecule has 3 aromatic heterocycles. The molecule has 4 rings (SSSR count). The van der Waals surface area contributed by atoms with Crippen LogP contribution in [0.25, 0.3) is 21.1 Å². The number of fused-ring (bicyclic) bond motifs is 2. The molecule has 0 spiro atoms. The van der Waals surface area contributed by atoms with Gasteiger partial charge < -0.3 is 26.1 Å². The molecule has 0 bridgehead atoms. The number of hydrogen-bond acceptors (Lipinski definition) is 9. The summed E-state index contributed by atoms with van der Waals surface area (Å²) in [6, 6.07) is 5.57. The van der Waals surface area contributed by atoms with E-state index in [1.54, 1.807) is 30.9 Å². The standard InChI is InChI=1S/C22H23N7O2S/c1-29(6-5-24)22-26-11-19-20(28-22)15(12-32-19)21(30)27-17-8-14-7-13(3-4-23)10-25-16(14)9-18(17)31-2/h4,7-12,23H,3,5-6,24H2,1-2H3,(H,27,30). The molecular weight excluding hydrogens is 426 g/mol. The Morgan fingerprint density at radius 1 is 1.31 bits per heavy atom. The van der Waals surface area contributed by atoms with Crippen LogP contribution >= 0.6 is 11.3 Å². The fourth-order valence-electron chi connectivity index (χ4n) is 3.35. The Labute approximate surface area is 188 Å². The SMILES string of the molecule is COc1cc2ncc(CC=N)cc2cc1NC(=O)c1csc2cnc(N(C)CCN)nc12. The third-order valence-corrected chi connectivity index (χ3v) is 5.90. The molecule has 0 fully saturated rings. The van der Waals surface area contributed by atoms with Crippen molar-refractivity contribution in [2.24, 2.45) is 5.73 Å². The first-order chi connectivity index (χ1) is 15.5. The predicted molar refractivity (Wildman–Crippen MR) is 128 cm³/mol. The van der Waals surface area contributed by atoms with E-state index >= 15 is 0 Å². The number of carbonyl (C=O) groups excluding carboxylic acids is 1. The highest BCUT2D eigenvalue weighted by atomic mass is 32.1. The third-order valence-electron chi connectivity index (χ3n) is 5.00. The van der Waals surface area contributed by atoms with Crippen LogP contribution in [0.3, 0.4) is 0 Å². The molecule has 0 unspecified atom stereocenters. The van der Waals surface area contributed by atoms with Gasteiger partial charge in [0.15, 0.2) is 0 Å². The first-order valence-corrected chi connectivity index (χ1v) is 10.8. The summed E-state index contributed by atoms with van der Waals surface area (Å²) in [6.07, 6.45) is 5.29. The summed E-state index contributed by atoms with van der Waals surface area (Å²) in [4.78, 5) is 28.4. The van der Waals surface area contributed by atoms with Crippen LogP contribution in [0.15, 0.2) is 36.0 Å². The summed E-state index contributed by atoms with van der Waals surface area (Å²) < 4.78 is 6.31. The number of hydrogen-bond donors (Lipinski definition) is 3. The molecule has 1 aromatic carbocycles. The van der Waals surface area contributed by atoms with Crippen molar-refractivity contribution in [2.75, 3.05) is 37.5 Å². The second kappa shape index (κ2) is 9.25.